The van der Waals surface area contributed by atoms with Crippen LogP contribution in [0.1, 0.15) is 37.8 Å². The molecule has 0 saturated heterocycles. The lowest BCUT2D eigenvalue weighted by molar-refractivity contribution is -0.122. The quantitative estimate of drug-likeness (QED) is 0.635. The van der Waals surface area contributed by atoms with Crippen molar-refractivity contribution in [2.75, 3.05) is 7.11 Å². The molecule has 1 amide bonds. The van der Waals surface area contributed by atoms with Crippen LogP contribution in [0.4, 0.5) is 0 Å². The van der Waals surface area contributed by atoms with E-state index in [4.69, 9.17) is 9.26 Å². The summed E-state index contributed by atoms with van der Waals surface area (Å²) in [5.74, 6) is 1.81. The Bertz CT molecular complexity index is 906. The highest BCUT2D eigenvalue weighted by Gasteiger charge is 2.22. The largest absolute Gasteiger partial charge is 0.497 e. The lowest BCUT2D eigenvalue weighted by atomic mass is 10.0. The molecule has 0 unspecified atom stereocenters. The number of hydrogen-bond donors (Lipinski definition) is 1. The van der Waals surface area contributed by atoms with Gasteiger partial charge >= 0.3 is 0 Å². The number of carbonyl (C=O) groups excluding carboxylic acids is 1. The lowest BCUT2D eigenvalue weighted by Gasteiger charge is -2.16. The van der Waals surface area contributed by atoms with Crippen LogP contribution >= 0.6 is 0 Å². The number of aromatic nitrogens is 2. The maximum absolute atomic E-state index is 12.4. The molecule has 6 heteroatoms. The minimum atomic E-state index is -0.388. The molecule has 146 valence electrons. The highest BCUT2D eigenvalue weighted by molar-refractivity contribution is 5.76. The zero-order valence-electron chi connectivity index (χ0n) is 16.4. The molecular formula is C22H25N3O3. The van der Waals surface area contributed by atoms with Crippen LogP contribution in [0.3, 0.4) is 0 Å². The van der Waals surface area contributed by atoms with Gasteiger partial charge in [0.05, 0.1) is 7.11 Å². The van der Waals surface area contributed by atoms with Crippen molar-refractivity contribution in [3.8, 4) is 17.1 Å². The van der Waals surface area contributed by atoms with E-state index in [0.717, 1.165) is 16.9 Å². The Morgan fingerprint density at radius 3 is 2.64 bits per heavy atom. The van der Waals surface area contributed by atoms with Crippen LogP contribution in [0, 0.1) is 5.92 Å². The van der Waals surface area contributed by atoms with Crippen molar-refractivity contribution in [3.05, 3.63) is 66.1 Å². The first-order valence-corrected chi connectivity index (χ1v) is 9.36. The fourth-order valence-electron chi connectivity index (χ4n) is 2.93. The van der Waals surface area contributed by atoms with Crippen LogP contribution < -0.4 is 10.1 Å². The molecule has 1 heterocycles. The molecule has 1 atom stereocenters. The van der Waals surface area contributed by atoms with Gasteiger partial charge in [0.1, 0.15) is 11.8 Å². The first-order chi connectivity index (χ1) is 13.5. The number of nitrogens with zero attached hydrogens (tertiary/aromatic N) is 2. The van der Waals surface area contributed by atoms with Crippen molar-refractivity contribution in [2.24, 2.45) is 5.92 Å². The van der Waals surface area contributed by atoms with Crippen molar-refractivity contribution < 1.29 is 14.1 Å². The normalized spacial score (nSPS) is 12.0. The van der Waals surface area contributed by atoms with Gasteiger partial charge in [0.2, 0.25) is 17.6 Å². The van der Waals surface area contributed by atoms with Gasteiger partial charge in [-0.2, -0.15) is 4.98 Å². The number of amides is 1. The van der Waals surface area contributed by atoms with Gasteiger partial charge in [-0.05, 0) is 23.6 Å². The van der Waals surface area contributed by atoms with Gasteiger partial charge in [0, 0.05) is 18.4 Å². The van der Waals surface area contributed by atoms with E-state index in [1.54, 1.807) is 7.11 Å². The highest BCUT2D eigenvalue weighted by atomic mass is 16.5. The van der Waals surface area contributed by atoms with Gasteiger partial charge in [-0.25, -0.2) is 0 Å². The van der Waals surface area contributed by atoms with Crippen molar-refractivity contribution >= 4 is 5.91 Å². The number of nitrogens with one attached hydrogen (secondary N) is 1. The number of hydrogen-bond acceptors (Lipinski definition) is 5. The molecule has 1 N–H and O–H groups in total. The molecular weight excluding hydrogens is 354 g/mol. The van der Waals surface area contributed by atoms with Crippen molar-refractivity contribution in [1.29, 1.82) is 0 Å². The molecule has 6 nitrogen and oxygen atoms in total. The summed E-state index contributed by atoms with van der Waals surface area (Å²) in [5.41, 5.74) is 1.87. The minimum absolute atomic E-state index is 0.0305. The molecule has 0 spiro atoms. The second kappa shape index (κ2) is 9.17. The second-order valence-electron chi connectivity index (χ2n) is 7.10. The van der Waals surface area contributed by atoms with Crippen LogP contribution in [0.5, 0.6) is 5.75 Å². The average molecular weight is 379 g/mol. The van der Waals surface area contributed by atoms with Gasteiger partial charge in [0.15, 0.2) is 0 Å². The molecule has 0 saturated carbocycles. The van der Waals surface area contributed by atoms with E-state index < -0.39 is 0 Å². The molecule has 0 aliphatic rings. The Hall–Kier alpha value is -3.15. The van der Waals surface area contributed by atoms with E-state index in [1.807, 2.05) is 68.4 Å². The number of ether oxygens (including phenoxy) is 1. The standard InChI is InChI=1S/C22H25N3O3/c1-15(2)12-20(26)23-19(13-16-8-5-4-6-9-16)22-24-21(25-28-22)17-10-7-11-18(14-17)27-3/h4-11,14-15,19H,12-13H2,1-3H3,(H,23,26)/t19-/m1/s1. The van der Waals surface area contributed by atoms with Crippen molar-refractivity contribution in [1.82, 2.24) is 15.5 Å². The van der Waals surface area contributed by atoms with Crippen LogP contribution in [0.25, 0.3) is 11.4 Å². The number of benzene rings is 2. The minimum Gasteiger partial charge on any atom is -0.497 e. The van der Waals surface area contributed by atoms with Crippen LogP contribution in [0.15, 0.2) is 59.1 Å². The zero-order chi connectivity index (χ0) is 19.9. The summed E-state index contributed by atoms with van der Waals surface area (Å²) in [6.07, 6.45) is 1.02. The lowest BCUT2D eigenvalue weighted by Crippen LogP contribution is -2.31. The molecule has 0 radical (unpaired) electrons. The Morgan fingerprint density at radius 1 is 1.14 bits per heavy atom. The predicted octanol–water partition coefficient (Wildman–Crippen LogP) is 4.19. The SMILES string of the molecule is COc1cccc(-c2noc([C@@H](Cc3ccccc3)NC(=O)CC(C)C)n2)c1. The van der Waals surface area contributed by atoms with Gasteiger partial charge in [-0.15, -0.1) is 0 Å². The molecule has 0 bridgehead atoms. The molecule has 1 aromatic heterocycles. The average Bonchev–Trinajstić information content (AvgIpc) is 3.18. The Morgan fingerprint density at radius 2 is 1.93 bits per heavy atom. The fraction of sp³-hybridized carbons (Fsp3) is 0.318. The molecule has 3 aromatic rings. The van der Waals surface area contributed by atoms with E-state index in [9.17, 15) is 4.79 Å². The van der Waals surface area contributed by atoms with Crippen molar-refractivity contribution in [2.45, 2.75) is 32.7 Å². The second-order valence-corrected chi connectivity index (χ2v) is 7.10. The van der Waals surface area contributed by atoms with Crippen LogP contribution in [0.2, 0.25) is 0 Å². The summed E-state index contributed by atoms with van der Waals surface area (Å²) in [6.45, 7) is 4.03. The van der Waals surface area contributed by atoms with E-state index in [1.165, 1.54) is 0 Å². The summed E-state index contributed by atoms with van der Waals surface area (Å²) in [4.78, 5) is 16.9. The summed E-state index contributed by atoms with van der Waals surface area (Å²) < 4.78 is 10.8. The highest BCUT2D eigenvalue weighted by Crippen LogP contribution is 2.24. The topological polar surface area (TPSA) is 77.3 Å². The number of carbonyl (C=O) groups is 1. The molecule has 3 rings (SSSR count). The van der Waals surface area contributed by atoms with E-state index >= 15 is 0 Å². The maximum atomic E-state index is 12.4. The summed E-state index contributed by atoms with van der Waals surface area (Å²) in [5, 5.41) is 7.14. The molecule has 0 fully saturated rings. The van der Waals surface area contributed by atoms with Gasteiger partial charge < -0.3 is 14.6 Å². The van der Waals surface area contributed by atoms with E-state index in [0.29, 0.717) is 24.6 Å². The monoisotopic (exact) mass is 379 g/mol. The zero-order valence-corrected chi connectivity index (χ0v) is 16.4. The first kappa shape index (κ1) is 19.6. The summed E-state index contributed by atoms with van der Waals surface area (Å²) in [7, 11) is 1.61. The third kappa shape index (κ3) is 5.19. The first-order valence-electron chi connectivity index (χ1n) is 9.36. The van der Waals surface area contributed by atoms with Gasteiger partial charge in [-0.1, -0.05) is 61.5 Å². The summed E-state index contributed by atoms with van der Waals surface area (Å²) in [6, 6.07) is 17.0. The molecule has 0 aliphatic heterocycles. The Balaban J connectivity index is 1.84. The van der Waals surface area contributed by atoms with Gasteiger partial charge in [-0.3, -0.25) is 4.79 Å². The fourth-order valence-corrected chi connectivity index (χ4v) is 2.93. The Labute approximate surface area is 164 Å². The Kier molecular flexibility index (Phi) is 6.42. The number of methoxy groups -OCH3 is 1. The molecule has 0 aliphatic carbocycles. The van der Waals surface area contributed by atoms with Crippen molar-refractivity contribution in [3.63, 3.8) is 0 Å². The van der Waals surface area contributed by atoms with Crippen LogP contribution in [-0.2, 0) is 11.2 Å². The molecule has 2 aromatic carbocycles. The molecule has 28 heavy (non-hydrogen) atoms. The summed E-state index contributed by atoms with van der Waals surface area (Å²) >= 11 is 0. The predicted molar refractivity (Wildman–Crippen MR) is 107 cm³/mol. The maximum Gasteiger partial charge on any atom is 0.249 e. The van der Waals surface area contributed by atoms with E-state index in [-0.39, 0.29) is 17.9 Å². The van der Waals surface area contributed by atoms with E-state index in [2.05, 4.69) is 15.5 Å². The van der Waals surface area contributed by atoms with Crippen LogP contribution in [-0.4, -0.2) is 23.2 Å². The third-order valence-corrected chi connectivity index (χ3v) is 4.28. The number of rotatable bonds is 8. The van der Waals surface area contributed by atoms with Gasteiger partial charge in [0.25, 0.3) is 0 Å². The third-order valence-electron chi connectivity index (χ3n) is 4.28. The smallest absolute Gasteiger partial charge is 0.249 e.